The van der Waals surface area contributed by atoms with Crippen LogP contribution in [0.5, 0.6) is 0 Å². The number of hydrogen-bond donors (Lipinski definition) is 2. The molecule has 3 N–H and O–H groups in total. The number of ether oxygens (including phenoxy) is 1. The summed E-state index contributed by atoms with van der Waals surface area (Å²) < 4.78 is 5.55. The Kier molecular flexibility index (Phi) is 2.66. The summed E-state index contributed by atoms with van der Waals surface area (Å²) in [5.41, 5.74) is 6.51. The fourth-order valence-electron chi connectivity index (χ4n) is 2.17. The van der Waals surface area contributed by atoms with Gasteiger partial charge in [0.15, 0.2) is 0 Å². The highest BCUT2D eigenvalue weighted by atomic mass is 16.5. The van der Waals surface area contributed by atoms with Crippen molar-refractivity contribution in [2.75, 3.05) is 31.1 Å². The number of morpholine rings is 1. The first kappa shape index (κ1) is 10.5. The third-order valence-electron chi connectivity index (χ3n) is 3.03. The van der Waals surface area contributed by atoms with Crippen LogP contribution in [0.1, 0.15) is 0 Å². The predicted octanol–water partition coefficient (Wildman–Crippen LogP) is 0.122. The number of H-pyrrole nitrogens is 1. The molecule has 17 heavy (non-hydrogen) atoms. The van der Waals surface area contributed by atoms with Gasteiger partial charge in [-0.25, -0.2) is 9.97 Å². The lowest BCUT2D eigenvalue weighted by molar-refractivity contribution is 0.0464. The fourth-order valence-corrected chi connectivity index (χ4v) is 2.17. The maximum absolute atomic E-state index is 5.65. The van der Waals surface area contributed by atoms with Gasteiger partial charge in [-0.15, -0.1) is 0 Å². The maximum Gasteiger partial charge on any atom is 0.142 e. The zero-order valence-corrected chi connectivity index (χ0v) is 9.47. The van der Waals surface area contributed by atoms with Gasteiger partial charge in [-0.3, -0.25) is 0 Å². The first-order valence-corrected chi connectivity index (χ1v) is 5.73. The first-order valence-electron chi connectivity index (χ1n) is 5.73. The van der Waals surface area contributed by atoms with Crippen LogP contribution in [0.2, 0.25) is 0 Å². The Bertz CT molecular complexity index is 511. The number of aromatic nitrogens is 3. The van der Waals surface area contributed by atoms with Crippen LogP contribution < -0.4 is 10.6 Å². The van der Waals surface area contributed by atoms with Gasteiger partial charge in [0.05, 0.1) is 18.1 Å². The molecule has 1 fully saturated rings. The van der Waals surface area contributed by atoms with Crippen LogP contribution in [0, 0.1) is 0 Å². The fraction of sp³-hybridized carbons (Fsp3) is 0.455. The van der Waals surface area contributed by atoms with E-state index in [0.717, 1.165) is 29.9 Å². The van der Waals surface area contributed by atoms with Crippen LogP contribution in [0.4, 0.5) is 5.82 Å². The Morgan fingerprint density at radius 2 is 2.47 bits per heavy atom. The zero-order valence-electron chi connectivity index (χ0n) is 9.47. The van der Waals surface area contributed by atoms with Crippen molar-refractivity contribution in [2.24, 2.45) is 5.73 Å². The summed E-state index contributed by atoms with van der Waals surface area (Å²) in [5.74, 6) is 0.956. The van der Waals surface area contributed by atoms with Crippen LogP contribution in [-0.2, 0) is 4.74 Å². The average molecular weight is 233 g/mol. The zero-order chi connectivity index (χ0) is 11.7. The Morgan fingerprint density at radius 1 is 1.53 bits per heavy atom. The van der Waals surface area contributed by atoms with Gasteiger partial charge in [-0.05, 0) is 6.07 Å². The second kappa shape index (κ2) is 4.31. The summed E-state index contributed by atoms with van der Waals surface area (Å²) in [5, 5.41) is 1.05. The molecule has 6 nitrogen and oxygen atoms in total. The van der Waals surface area contributed by atoms with Crippen LogP contribution in [0.25, 0.3) is 11.0 Å². The van der Waals surface area contributed by atoms with Gasteiger partial charge in [0.25, 0.3) is 0 Å². The summed E-state index contributed by atoms with van der Waals surface area (Å²) in [6.45, 7) is 2.86. The monoisotopic (exact) mass is 233 g/mol. The molecule has 2 aromatic heterocycles. The number of hydrogen-bond acceptors (Lipinski definition) is 5. The Labute approximate surface area is 98.8 Å². The molecule has 0 spiro atoms. The number of nitrogens with zero attached hydrogens (tertiary/aromatic N) is 3. The topological polar surface area (TPSA) is 80.1 Å². The van der Waals surface area contributed by atoms with Crippen molar-refractivity contribution in [3.8, 4) is 0 Å². The highest BCUT2D eigenvalue weighted by Gasteiger charge is 2.21. The van der Waals surface area contributed by atoms with Crippen LogP contribution in [0.15, 0.2) is 18.6 Å². The summed E-state index contributed by atoms with van der Waals surface area (Å²) >= 11 is 0. The maximum atomic E-state index is 5.65. The number of aromatic amines is 1. The van der Waals surface area contributed by atoms with Crippen LogP contribution >= 0.6 is 0 Å². The van der Waals surface area contributed by atoms with Crippen molar-refractivity contribution in [1.29, 1.82) is 0 Å². The lowest BCUT2D eigenvalue weighted by Gasteiger charge is -2.33. The van der Waals surface area contributed by atoms with E-state index in [0.29, 0.717) is 13.2 Å². The molecule has 0 radical (unpaired) electrons. The van der Waals surface area contributed by atoms with Crippen molar-refractivity contribution in [3.63, 3.8) is 0 Å². The van der Waals surface area contributed by atoms with Gasteiger partial charge < -0.3 is 20.4 Å². The lowest BCUT2D eigenvalue weighted by atomic mass is 10.2. The first-order chi connectivity index (χ1) is 8.38. The molecular weight excluding hydrogens is 218 g/mol. The predicted molar refractivity (Wildman–Crippen MR) is 64.9 cm³/mol. The number of rotatable bonds is 2. The van der Waals surface area contributed by atoms with Gasteiger partial charge in [0.1, 0.15) is 17.8 Å². The number of anilines is 1. The van der Waals surface area contributed by atoms with E-state index in [2.05, 4.69) is 19.9 Å². The molecule has 90 valence electrons. The van der Waals surface area contributed by atoms with Crippen molar-refractivity contribution in [3.05, 3.63) is 18.6 Å². The van der Waals surface area contributed by atoms with E-state index < -0.39 is 0 Å². The van der Waals surface area contributed by atoms with E-state index in [9.17, 15) is 0 Å². The Morgan fingerprint density at radius 3 is 3.35 bits per heavy atom. The van der Waals surface area contributed by atoms with E-state index in [1.54, 1.807) is 6.33 Å². The standard InChI is InChI=1S/C11H15N5O/c12-5-8-6-16(3-4-17-8)11-9-1-2-13-10(9)14-7-15-11/h1-2,7-8H,3-6,12H2,(H,13,14,15). The quantitative estimate of drug-likeness (QED) is 0.770. The largest absolute Gasteiger partial charge is 0.373 e. The van der Waals surface area contributed by atoms with Crippen LogP contribution in [0.3, 0.4) is 0 Å². The van der Waals surface area contributed by atoms with Gasteiger partial charge in [-0.1, -0.05) is 0 Å². The second-order valence-electron chi connectivity index (χ2n) is 4.11. The number of nitrogens with one attached hydrogen (secondary N) is 1. The molecule has 1 saturated heterocycles. The smallest absolute Gasteiger partial charge is 0.142 e. The number of fused-ring (bicyclic) bond motifs is 1. The van der Waals surface area contributed by atoms with Crippen molar-refractivity contribution in [2.45, 2.75) is 6.10 Å². The van der Waals surface area contributed by atoms with Crippen molar-refractivity contribution < 1.29 is 4.74 Å². The summed E-state index contributed by atoms with van der Waals surface area (Å²) in [7, 11) is 0. The molecule has 0 bridgehead atoms. The lowest BCUT2D eigenvalue weighted by Crippen LogP contribution is -2.46. The molecule has 1 aliphatic rings. The molecule has 0 saturated carbocycles. The van der Waals surface area contributed by atoms with Crippen LogP contribution in [-0.4, -0.2) is 47.3 Å². The van der Waals surface area contributed by atoms with Gasteiger partial charge >= 0.3 is 0 Å². The normalized spacial score (nSPS) is 21.0. The number of nitrogens with two attached hydrogens (primary N) is 1. The van der Waals surface area contributed by atoms with E-state index in [4.69, 9.17) is 10.5 Å². The molecule has 0 aliphatic carbocycles. The average Bonchev–Trinajstić information content (AvgIpc) is 2.87. The minimum Gasteiger partial charge on any atom is -0.373 e. The highest BCUT2D eigenvalue weighted by molar-refractivity contribution is 5.87. The molecule has 3 rings (SSSR count). The summed E-state index contributed by atoms with van der Waals surface area (Å²) in [4.78, 5) is 13.9. The molecule has 0 amide bonds. The van der Waals surface area contributed by atoms with Gasteiger partial charge in [-0.2, -0.15) is 0 Å². The van der Waals surface area contributed by atoms with Gasteiger partial charge in [0.2, 0.25) is 0 Å². The third kappa shape index (κ3) is 1.85. The van der Waals surface area contributed by atoms with Gasteiger partial charge in [0, 0.05) is 25.8 Å². The van der Waals surface area contributed by atoms with E-state index in [1.807, 2.05) is 12.3 Å². The SMILES string of the molecule is NCC1CN(c2ncnc3[nH]ccc23)CCO1. The minimum atomic E-state index is 0.0905. The summed E-state index contributed by atoms with van der Waals surface area (Å²) in [6.07, 6.45) is 3.55. The summed E-state index contributed by atoms with van der Waals surface area (Å²) in [6, 6.07) is 2.00. The molecule has 1 aliphatic heterocycles. The Balaban J connectivity index is 1.94. The van der Waals surface area contributed by atoms with E-state index >= 15 is 0 Å². The molecule has 1 atom stereocenters. The third-order valence-corrected chi connectivity index (χ3v) is 3.03. The van der Waals surface area contributed by atoms with E-state index in [-0.39, 0.29) is 6.10 Å². The molecule has 3 heterocycles. The molecule has 2 aromatic rings. The molecule has 1 unspecified atom stereocenters. The van der Waals surface area contributed by atoms with E-state index in [1.165, 1.54) is 0 Å². The second-order valence-corrected chi connectivity index (χ2v) is 4.11. The minimum absolute atomic E-state index is 0.0905. The van der Waals surface area contributed by atoms with Crippen molar-refractivity contribution in [1.82, 2.24) is 15.0 Å². The molecule has 6 heteroatoms. The molecular formula is C11H15N5O. The molecule has 0 aromatic carbocycles. The Hall–Kier alpha value is -1.66. The van der Waals surface area contributed by atoms with Crippen molar-refractivity contribution >= 4 is 16.9 Å². The highest BCUT2D eigenvalue weighted by Crippen LogP contribution is 2.23.